The SMILES string of the molecule is CC(=O)C[S+]([O-])c1ccccc1[N+](=O)[O-]. The molecule has 0 N–H and O–H groups in total. The molecule has 0 saturated carbocycles. The van der Waals surface area contributed by atoms with E-state index in [1.165, 1.54) is 25.1 Å². The minimum Gasteiger partial charge on any atom is -0.611 e. The summed E-state index contributed by atoms with van der Waals surface area (Å²) in [5.41, 5.74) is -0.211. The summed E-state index contributed by atoms with van der Waals surface area (Å²) in [5.74, 6) is -0.448. The highest BCUT2D eigenvalue weighted by molar-refractivity contribution is 7.92. The standard InChI is InChI=1S/C9H9NO4S/c1-7(11)6-15(14)9-5-3-2-4-8(9)10(12)13/h2-5H,6H2,1H3. The first-order chi connectivity index (χ1) is 7.02. The number of hydrogen-bond acceptors (Lipinski definition) is 4. The summed E-state index contributed by atoms with van der Waals surface area (Å²) < 4.78 is 11.6. The van der Waals surface area contributed by atoms with Crippen molar-refractivity contribution in [3.63, 3.8) is 0 Å². The van der Waals surface area contributed by atoms with Crippen LogP contribution in [0.5, 0.6) is 0 Å². The van der Waals surface area contributed by atoms with Gasteiger partial charge in [-0.3, -0.25) is 14.9 Å². The molecular formula is C9H9NO4S. The predicted molar refractivity (Wildman–Crippen MR) is 55.1 cm³/mol. The molecule has 0 aliphatic rings. The first-order valence-corrected chi connectivity index (χ1v) is 5.45. The van der Waals surface area contributed by atoms with Crippen LogP contribution in [0.2, 0.25) is 0 Å². The molecule has 0 saturated heterocycles. The normalized spacial score (nSPS) is 12.1. The Labute approximate surface area is 89.4 Å². The molecule has 0 radical (unpaired) electrons. The number of Topliss-reactive ketones (excluding diaryl/α,β-unsaturated/α-hetero) is 1. The predicted octanol–water partition coefficient (Wildman–Crippen LogP) is 1.29. The van der Waals surface area contributed by atoms with E-state index in [9.17, 15) is 19.5 Å². The molecule has 0 amide bonds. The number of carbonyl (C=O) groups excluding carboxylic acids is 1. The molecule has 0 fully saturated rings. The number of para-hydroxylation sites is 1. The van der Waals surface area contributed by atoms with Gasteiger partial charge in [0.15, 0.2) is 11.5 Å². The fraction of sp³-hybridized carbons (Fsp3) is 0.222. The lowest BCUT2D eigenvalue weighted by Gasteiger charge is -2.07. The molecule has 0 spiro atoms. The molecule has 1 atom stereocenters. The zero-order valence-corrected chi connectivity index (χ0v) is 8.82. The van der Waals surface area contributed by atoms with Crippen molar-refractivity contribution in [1.82, 2.24) is 0 Å². The molecular weight excluding hydrogens is 218 g/mol. The Kier molecular flexibility index (Phi) is 3.81. The van der Waals surface area contributed by atoms with Crippen LogP contribution in [-0.4, -0.2) is 21.0 Å². The van der Waals surface area contributed by atoms with Gasteiger partial charge >= 0.3 is 5.69 Å². The lowest BCUT2D eigenvalue weighted by atomic mass is 10.3. The minimum absolute atomic E-state index is 0.0951. The highest BCUT2D eigenvalue weighted by Gasteiger charge is 2.24. The van der Waals surface area contributed by atoms with Crippen molar-refractivity contribution >= 4 is 22.6 Å². The number of ketones is 1. The molecule has 5 nitrogen and oxygen atoms in total. The fourth-order valence-electron chi connectivity index (χ4n) is 1.06. The van der Waals surface area contributed by atoms with E-state index in [0.717, 1.165) is 0 Å². The molecule has 0 heterocycles. The summed E-state index contributed by atoms with van der Waals surface area (Å²) in [4.78, 5) is 20.8. The van der Waals surface area contributed by atoms with Crippen LogP contribution in [0, 0.1) is 10.1 Å². The van der Waals surface area contributed by atoms with Crippen LogP contribution in [0.4, 0.5) is 5.69 Å². The molecule has 0 aromatic heterocycles. The Morgan fingerprint density at radius 2 is 2.07 bits per heavy atom. The van der Waals surface area contributed by atoms with Crippen molar-refractivity contribution in [2.75, 3.05) is 5.75 Å². The fourth-order valence-corrected chi connectivity index (χ4v) is 2.19. The summed E-state index contributed by atoms with van der Waals surface area (Å²) in [6.07, 6.45) is 0. The van der Waals surface area contributed by atoms with E-state index >= 15 is 0 Å². The van der Waals surface area contributed by atoms with Gasteiger partial charge in [-0.2, -0.15) is 0 Å². The Balaban J connectivity index is 3.02. The number of nitrogens with zero attached hydrogens (tertiary/aromatic N) is 1. The third-order valence-electron chi connectivity index (χ3n) is 1.64. The smallest absolute Gasteiger partial charge is 0.323 e. The van der Waals surface area contributed by atoms with Gasteiger partial charge in [0.25, 0.3) is 0 Å². The van der Waals surface area contributed by atoms with Gasteiger partial charge in [0.05, 0.1) is 4.92 Å². The summed E-state index contributed by atoms with van der Waals surface area (Å²) in [5, 5.41) is 10.6. The highest BCUT2D eigenvalue weighted by Crippen LogP contribution is 2.23. The largest absolute Gasteiger partial charge is 0.611 e. The number of carbonyl (C=O) groups is 1. The second kappa shape index (κ2) is 4.90. The van der Waals surface area contributed by atoms with Crippen LogP contribution >= 0.6 is 0 Å². The molecule has 1 unspecified atom stereocenters. The molecule has 0 aliphatic carbocycles. The molecule has 1 aromatic rings. The van der Waals surface area contributed by atoms with Gasteiger partial charge in [0.1, 0.15) is 0 Å². The average molecular weight is 227 g/mol. The summed E-state index contributed by atoms with van der Waals surface area (Å²) in [6, 6.07) is 5.72. The zero-order valence-electron chi connectivity index (χ0n) is 8.00. The lowest BCUT2D eigenvalue weighted by molar-refractivity contribution is -0.387. The molecule has 1 aromatic carbocycles. The van der Waals surface area contributed by atoms with E-state index in [0.29, 0.717) is 0 Å². The number of rotatable bonds is 4. The monoisotopic (exact) mass is 227 g/mol. The number of benzene rings is 1. The molecule has 0 bridgehead atoms. The van der Waals surface area contributed by atoms with Crippen molar-refractivity contribution in [3.05, 3.63) is 34.4 Å². The van der Waals surface area contributed by atoms with Gasteiger partial charge in [-0.15, -0.1) is 0 Å². The van der Waals surface area contributed by atoms with E-state index < -0.39 is 16.1 Å². The summed E-state index contributed by atoms with van der Waals surface area (Å²) in [6.45, 7) is 1.30. The first-order valence-electron chi connectivity index (χ1n) is 4.13. The summed E-state index contributed by atoms with van der Waals surface area (Å²) >= 11 is -1.64. The van der Waals surface area contributed by atoms with E-state index in [2.05, 4.69) is 0 Å². The van der Waals surface area contributed by atoms with Gasteiger partial charge in [0.2, 0.25) is 4.90 Å². The summed E-state index contributed by atoms with van der Waals surface area (Å²) in [7, 11) is 0. The maximum absolute atomic E-state index is 11.6. The van der Waals surface area contributed by atoms with Crippen LogP contribution in [0.1, 0.15) is 6.92 Å². The van der Waals surface area contributed by atoms with Crippen LogP contribution < -0.4 is 0 Å². The van der Waals surface area contributed by atoms with Gasteiger partial charge in [0, 0.05) is 12.1 Å². The Morgan fingerprint density at radius 3 is 2.60 bits per heavy atom. The van der Waals surface area contributed by atoms with Crippen LogP contribution in [0.3, 0.4) is 0 Å². The topological polar surface area (TPSA) is 83.3 Å². The van der Waals surface area contributed by atoms with Crippen molar-refractivity contribution in [2.24, 2.45) is 0 Å². The second-order valence-corrected chi connectivity index (χ2v) is 4.34. The highest BCUT2D eigenvalue weighted by atomic mass is 32.2. The van der Waals surface area contributed by atoms with Crippen molar-refractivity contribution in [3.8, 4) is 0 Å². The van der Waals surface area contributed by atoms with Crippen LogP contribution in [0.25, 0.3) is 0 Å². The van der Waals surface area contributed by atoms with Crippen LogP contribution in [0.15, 0.2) is 29.2 Å². The van der Waals surface area contributed by atoms with Crippen molar-refractivity contribution in [1.29, 1.82) is 0 Å². The first kappa shape index (κ1) is 11.7. The number of nitro benzene ring substituents is 1. The number of nitro groups is 1. The van der Waals surface area contributed by atoms with Gasteiger partial charge < -0.3 is 4.55 Å². The van der Waals surface area contributed by atoms with Gasteiger partial charge in [-0.05, 0) is 18.1 Å². The third kappa shape index (κ3) is 3.03. The third-order valence-corrected chi connectivity index (χ3v) is 3.15. The molecule has 0 aliphatic heterocycles. The van der Waals surface area contributed by atoms with Gasteiger partial charge in [-0.1, -0.05) is 12.1 Å². The average Bonchev–Trinajstić information content (AvgIpc) is 2.16. The van der Waals surface area contributed by atoms with E-state index in [1.807, 2.05) is 0 Å². The molecule has 15 heavy (non-hydrogen) atoms. The quantitative estimate of drug-likeness (QED) is 0.441. The van der Waals surface area contributed by atoms with E-state index in [-0.39, 0.29) is 22.1 Å². The zero-order chi connectivity index (χ0) is 11.4. The maximum atomic E-state index is 11.6. The Hall–Kier alpha value is -1.40. The van der Waals surface area contributed by atoms with Crippen molar-refractivity contribution in [2.45, 2.75) is 11.8 Å². The van der Waals surface area contributed by atoms with Gasteiger partial charge in [-0.25, -0.2) is 0 Å². The second-order valence-electron chi connectivity index (χ2n) is 2.92. The Bertz CT molecular complexity index is 393. The number of hydrogen-bond donors (Lipinski definition) is 0. The molecule has 1 rings (SSSR count). The molecule has 6 heteroatoms. The molecule has 80 valence electrons. The van der Waals surface area contributed by atoms with E-state index in [4.69, 9.17) is 0 Å². The Morgan fingerprint density at radius 1 is 1.47 bits per heavy atom. The lowest BCUT2D eigenvalue weighted by Crippen LogP contribution is -2.14. The maximum Gasteiger partial charge on any atom is 0.323 e. The minimum atomic E-state index is -1.64. The van der Waals surface area contributed by atoms with E-state index in [1.54, 1.807) is 6.07 Å². The van der Waals surface area contributed by atoms with Crippen molar-refractivity contribution < 1.29 is 14.3 Å². The van der Waals surface area contributed by atoms with Crippen LogP contribution in [-0.2, 0) is 16.0 Å².